The van der Waals surface area contributed by atoms with Crippen molar-refractivity contribution in [3.63, 3.8) is 0 Å². The Balaban J connectivity index is 1.93. The molecule has 108 valence electrons. The first kappa shape index (κ1) is 12.8. The van der Waals surface area contributed by atoms with Crippen molar-refractivity contribution in [2.45, 2.75) is 33.1 Å². The molecule has 4 nitrogen and oxygen atoms in total. The zero-order valence-electron chi connectivity index (χ0n) is 12.0. The third kappa shape index (κ3) is 2.03. The van der Waals surface area contributed by atoms with Crippen molar-refractivity contribution in [2.75, 3.05) is 0 Å². The van der Waals surface area contributed by atoms with Crippen LogP contribution in [0.4, 0.5) is 0 Å². The van der Waals surface area contributed by atoms with Gasteiger partial charge in [-0.3, -0.25) is 4.79 Å². The predicted molar refractivity (Wildman–Crippen MR) is 83.9 cm³/mol. The van der Waals surface area contributed by atoms with E-state index >= 15 is 0 Å². The molecule has 0 aromatic carbocycles. The number of aromatic amines is 1. The molecule has 0 aliphatic heterocycles. The Kier molecular flexibility index (Phi) is 2.79. The molecule has 1 aliphatic rings. The quantitative estimate of drug-likeness (QED) is 0.746. The highest BCUT2D eigenvalue weighted by atomic mass is 32.1. The average molecular weight is 300 g/mol. The smallest absolute Gasteiger partial charge is 0.260 e. The Morgan fingerprint density at radius 3 is 3.05 bits per heavy atom. The molecular weight excluding hydrogens is 284 g/mol. The van der Waals surface area contributed by atoms with Gasteiger partial charge in [0.2, 0.25) is 0 Å². The molecule has 0 saturated heterocycles. The highest BCUT2D eigenvalue weighted by molar-refractivity contribution is 7.18. The fraction of sp³-hybridized carbons (Fsp3) is 0.375. The van der Waals surface area contributed by atoms with Crippen LogP contribution in [0.3, 0.4) is 0 Å². The van der Waals surface area contributed by atoms with Crippen LogP contribution < -0.4 is 5.56 Å². The average Bonchev–Trinajstić information content (AvgIpc) is 3.01. The normalized spacial score (nSPS) is 18.1. The number of fused-ring (bicyclic) bond motifs is 3. The van der Waals surface area contributed by atoms with Gasteiger partial charge in [0.05, 0.1) is 5.39 Å². The van der Waals surface area contributed by atoms with Crippen molar-refractivity contribution in [3.8, 4) is 11.6 Å². The minimum Gasteiger partial charge on any atom is -0.458 e. The van der Waals surface area contributed by atoms with E-state index in [2.05, 4.69) is 16.9 Å². The summed E-state index contributed by atoms with van der Waals surface area (Å²) in [7, 11) is 0. The summed E-state index contributed by atoms with van der Waals surface area (Å²) in [6.07, 6.45) is 3.20. The highest BCUT2D eigenvalue weighted by Gasteiger charge is 2.23. The third-order valence-corrected chi connectivity index (χ3v) is 5.29. The fourth-order valence-corrected chi connectivity index (χ4v) is 4.41. The van der Waals surface area contributed by atoms with E-state index in [9.17, 15) is 4.79 Å². The lowest BCUT2D eigenvalue weighted by molar-refractivity contribution is 0.509. The van der Waals surface area contributed by atoms with E-state index in [0.29, 0.717) is 17.5 Å². The molecule has 3 aromatic heterocycles. The topological polar surface area (TPSA) is 58.9 Å². The number of hydrogen-bond acceptors (Lipinski definition) is 4. The molecule has 1 aliphatic carbocycles. The molecule has 1 N–H and O–H groups in total. The van der Waals surface area contributed by atoms with Gasteiger partial charge in [-0.15, -0.1) is 11.3 Å². The first-order valence-electron chi connectivity index (χ1n) is 7.23. The highest BCUT2D eigenvalue weighted by Crippen LogP contribution is 2.36. The second-order valence-electron chi connectivity index (χ2n) is 5.86. The van der Waals surface area contributed by atoms with Gasteiger partial charge in [-0.05, 0) is 49.8 Å². The van der Waals surface area contributed by atoms with Crippen LogP contribution >= 0.6 is 11.3 Å². The van der Waals surface area contributed by atoms with Gasteiger partial charge in [0.15, 0.2) is 11.6 Å². The molecule has 21 heavy (non-hydrogen) atoms. The summed E-state index contributed by atoms with van der Waals surface area (Å²) in [5, 5.41) is 0.786. The van der Waals surface area contributed by atoms with Crippen molar-refractivity contribution in [1.82, 2.24) is 9.97 Å². The van der Waals surface area contributed by atoms with Crippen molar-refractivity contribution in [1.29, 1.82) is 0 Å². The Labute approximate surface area is 125 Å². The van der Waals surface area contributed by atoms with Gasteiger partial charge in [0, 0.05) is 4.88 Å². The van der Waals surface area contributed by atoms with Gasteiger partial charge in [0.25, 0.3) is 5.56 Å². The molecule has 1 atom stereocenters. The van der Waals surface area contributed by atoms with E-state index in [1.54, 1.807) is 11.3 Å². The summed E-state index contributed by atoms with van der Waals surface area (Å²) in [5.41, 5.74) is 1.17. The zero-order valence-corrected chi connectivity index (χ0v) is 12.8. The summed E-state index contributed by atoms with van der Waals surface area (Å²) >= 11 is 1.66. The molecular formula is C16H16N2O2S. The molecule has 0 radical (unpaired) electrons. The molecule has 0 unspecified atom stereocenters. The number of nitrogens with one attached hydrogen (secondary N) is 1. The SMILES string of the molecule is Cc1ccc(-c2nc3sc4c(c3c(=O)[nH]2)CC[C@@H](C)C4)o1. The molecule has 3 aromatic rings. The lowest BCUT2D eigenvalue weighted by atomic mass is 9.89. The molecule has 5 heteroatoms. The van der Waals surface area contributed by atoms with E-state index in [1.807, 2.05) is 19.1 Å². The van der Waals surface area contributed by atoms with Crippen LogP contribution in [-0.2, 0) is 12.8 Å². The minimum absolute atomic E-state index is 0.0453. The first-order chi connectivity index (χ1) is 10.1. The summed E-state index contributed by atoms with van der Waals surface area (Å²) in [6.45, 7) is 4.15. The predicted octanol–water partition coefficient (Wildman–Crippen LogP) is 3.68. The maximum atomic E-state index is 12.5. The summed E-state index contributed by atoms with van der Waals surface area (Å²) in [6, 6.07) is 3.72. The number of H-pyrrole nitrogens is 1. The second-order valence-corrected chi connectivity index (χ2v) is 6.94. The Morgan fingerprint density at radius 2 is 2.29 bits per heavy atom. The van der Waals surface area contributed by atoms with E-state index in [1.165, 1.54) is 10.4 Å². The standard InChI is InChI=1S/C16H16N2O2S/c1-8-3-5-10-12(7-8)21-16-13(10)15(19)17-14(18-16)11-6-4-9(2)20-11/h4,6,8H,3,5,7H2,1-2H3,(H,17,18,19)/t8-/m1/s1. The summed E-state index contributed by atoms with van der Waals surface area (Å²) < 4.78 is 5.56. The Morgan fingerprint density at radius 1 is 1.43 bits per heavy atom. The van der Waals surface area contributed by atoms with Gasteiger partial charge in [-0.1, -0.05) is 6.92 Å². The largest absolute Gasteiger partial charge is 0.458 e. The lowest BCUT2D eigenvalue weighted by Gasteiger charge is -2.17. The number of aryl methyl sites for hydroxylation is 2. The van der Waals surface area contributed by atoms with Gasteiger partial charge < -0.3 is 9.40 Å². The Hall–Kier alpha value is -1.88. The van der Waals surface area contributed by atoms with Gasteiger partial charge >= 0.3 is 0 Å². The summed E-state index contributed by atoms with van der Waals surface area (Å²) in [4.78, 5) is 22.1. The van der Waals surface area contributed by atoms with Crippen LogP contribution in [0.25, 0.3) is 21.8 Å². The first-order valence-corrected chi connectivity index (χ1v) is 8.05. The second kappa shape index (κ2) is 4.56. The fourth-order valence-electron chi connectivity index (χ4n) is 3.03. The van der Waals surface area contributed by atoms with Crippen LogP contribution in [0.5, 0.6) is 0 Å². The monoisotopic (exact) mass is 300 g/mol. The van der Waals surface area contributed by atoms with Gasteiger partial charge in [-0.25, -0.2) is 4.98 Å². The molecule has 0 fully saturated rings. The van der Waals surface area contributed by atoms with E-state index in [-0.39, 0.29) is 5.56 Å². The van der Waals surface area contributed by atoms with Crippen molar-refractivity contribution >= 4 is 21.6 Å². The molecule has 0 saturated carbocycles. The molecule has 0 bridgehead atoms. The molecule has 3 heterocycles. The van der Waals surface area contributed by atoms with Crippen molar-refractivity contribution < 1.29 is 4.42 Å². The Bertz CT molecular complexity index is 887. The number of hydrogen-bond donors (Lipinski definition) is 1. The number of nitrogens with zero attached hydrogens (tertiary/aromatic N) is 1. The lowest BCUT2D eigenvalue weighted by Crippen LogP contribution is -2.13. The van der Waals surface area contributed by atoms with Crippen LogP contribution in [0.15, 0.2) is 21.3 Å². The van der Waals surface area contributed by atoms with Crippen molar-refractivity contribution in [2.24, 2.45) is 5.92 Å². The number of rotatable bonds is 1. The van der Waals surface area contributed by atoms with Crippen LogP contribution in [0.2, 0.25) is 0 Å². The number of furan rings is 1. The van der Waals surface area contributed by atoms with Crippen LogP contribution in [0.1, 0.15) is 29.5 Å². The summed E-state index contributed by atoms with van der Waals surface area (Å²) in [5.74, 6) is 2.64. The zero-order chi connectivity index (χ0) is 14.6. The number of thiophene rings is 1. The van der Waals surface area contributed by atoms with E-state index in [4.69, 9.17) is 4.42 Å². The van der Waals surface area contributed by atoms with Crippen LogP contribution in [-0.4, -0.2) is 9.97 Å². The van der Waals surface area contributed by atoms with Gasteiger partial charge in [0.1, 0.15) is 10.6 Å². The van der Waals surface area contributed by atoms with E-state index < -0.39 is 0 Å². The van der Waals surface area contributed by atoms with Crippen LogP contribution in [0, 0.1) is 12.8 Å². The van der Waals surface area contributed by atoms with E-state index in [0.717, 1.165) is 35.2 Å². The molecule has 4 rings (SSSR count). The van der Waals surface area contributed by atoms with Crippen molar-refractivity contribution in [3.05, 3.63) is 38.7 Å². The number of aromatic nitrogens is 2. The maximum absolute atomic E-state index is 12.5. The minimum atomic E-state index is -0.0453. The third-order valence-electron chi connectivity index (χ3n) is 4.14. The maximum Gasteiger partial charge on any atom is 0.260 e. The van der Waals surface area contributed by atoms with Gasteiger partial charge in [-0.2, -0.15) is 0 Å². The molecule has 0 amide bonds. The molecule has 0 spiro atoms.